The van der Waals surface area contributed by atoms with Crippen LogP contribution in [0.25, 0.3) is 11.0 Å². The third-order valence-corrected chi connectivity index (χ3v) is 6.66. The third-order valence-electron chi connectivity index (χ3n) is 5.62. The smallest absolute Gasteiger partial charge is 0.244 e. The molecule has 1 fully saturated rings. The van der Waals surface area contributed by atoms with Gasteiger partial charge >= 0.3 is 0 Å². The van der Waals surface area contributed by atoms with Crippen LogP contribution in [0.1, 0.15) is 31.1 Å². The average Bonchev–Trinajstić information content (AvgIpc) is 3.33. The molecule has 2 aromatic heterocycles. The number of carbonyl (C=O) groups is 1. The minimum absolute atomic E-state index is 0.278. The molecule has 0 bridgehead atoms. The molecular formula is C22H25ClFN5OS. The van der Waals surface area contributed by atoms with E-state index in [2.05, 4.69) is 27.0 Å². The molecule has 1 N–H and O–H groups in total. The number of aromatic nitrogens is 2. The minimum atomic E-state index is -0.353. The maximum atomic E-state index is 14.0. The molecule has 3 heterocycles. The van der Waals surface area contributed by atoms with E-state index in [1.54, 1.807) is 6.08 Å². The molecule has 1 saturated heterocycles. The highest BCUT2D eigenvalue weighted by Crippen LogP contribution is 2.28. The zero-order valence-corrected chi connectivity index (χ0v) is 19.1. The number of fused-ring (bicyclic) bond motifs is 1. The zero-order valence-electron chi connectivity index (χ0n) is 17.5. The first-order valence-electron chi connectivity index (χ1n) is 10.3. The number of hydrogen-bond acceptors (Lipinski definition) is 5. The summed E-state index contributed by atoms with van der Waals surface area (Å²) in [4.78, 5) is 22.3. The van der Waals surface area contributed by atoms with Crippen molar-refractivity contribution in [3.8, 4) is 0 Å². The summed E-state index contributed by atoms with van der Waals surface area (Å²) in [6.07, 6.45) is 4.94. The summed E-state index contributed by atoms with van der Waals surface area (Å²) >= 11 is 7.65. The van der Waals surface area contributed by atoms with Crippen molar-refractivity contribution in [1.29, 1.82) is 0 Å². The van der Waals surface area contributed by atoms with Crippen LogP contribution in [0.15, 0.2) is 35.9 Å². The largest absolute Gasteiger partial charge is 0.369 e. The lowest BCUT2D eigenvalue weighted by Crippen LogP contribution is -2.46. The average molecular weight is 462 g/mol. The number of benzene rings is 1. The van der Waals surface area contributed by atoms with E-state index >= 15 is 0 Å². The van der Waals surface area contributed by atoms with Crippen molar-refractivity contribution < 1.29 is 9.18 Å². The number of hydrogen-bond donors (Lipinski definition) is 1. The number of amides is 1. The lowest BCUT2D eigenvalue weighted by atomic mass is 10.0. The molecule has 3 aromatic rings. The minimum Gasteiger partial charge on any atom is -0.369 e. The molecule has 1 aliphatic heterocycles. The summed E-state index contributed by atoms with van der Waals surface area (Å²) in [5.41, 5.74) is 2.39. The van der Waals surface area contributed by atoms with E-state index in [1.807, 2.05) is 29.0 Å². The van der Waals surface area contributed by atoms with E-state index in [1.165, 1.54) is 29.5 Å². The predicted molar refractivity (Wildman–Crippen MR) is 124 cm³/mol. The van der Waals surface area contributed by atoms with Crippen molar-refractivity contribution in [2.45, 2.75) is 19.9 Å². The van der Waals surface area contributed by atoms with Crippen molar-refractivity contribution in [2.75, 3.05) is 37.6 Å². The van der Waals surface area contributed by atoms with Crippen LogP contribution in [-0.4, -0.2) is 52.9 Å². The number of halogens is 2. The number of nitrogens with zero attached hydrogens (tertiary/aromatic N) is 4. The highest BCUT2D eigenvalue weighted by Gasteiger charge is 2.21. The number of anilines is 1. The summed E-state index contributed by atoms with van der Waals surface area (Å²) in [5, 5.41) is 5.20. The van der Waals surface area contributed by atoms with E-state index in [9.17, 15) is 9.18 Å². The number of nitrogens with one attached hydrogen (secondary N) is 1. The highest BCUT2D eigenvalue weighted by atomic mass is 35.5. The van der Waals surface area contributed by atoms with Gasteiger partial charge in [0.2, 0.25) is 5.91 Å². The Bertz CT molecular complexity index is 1100. The number of piperazine rings is 1. The molecule has 1 aliphatic rings. The lowest BCUT2D eigenvalue weighted by Gasteiger charge is -2.37. The van der Waals surface area contributed by atoms with Gasteiger partial charge in [-0.15, -0.1) is 11.3 Å². The monoisotopic (exact) mass is 461 g/mol. The Morgan fingerprint density at radius 2 is 2.13 bits per heavy atom. The Balaban J connectivity index is 1.48. The fourth-order valence-corrected chi connectivity index (χ4v) is 4.89. The second kappa shape index (κ2) is 9.38. The molecule has 0 saturated carbocycles. The highest BCUT2D eigenvalue weighted by molar-refractivity contribution is 7.15. The number of rotatable bonds is 6. The molecule has 1 unspecified atom stereocenters. The topological polar surface area (TPSA) is 52.9 Å². The van der Waals surface area contributed by atoms with Crippen LogP contribution >= 0.6 is 22.9 Å². The molecule has 0 radical (unpaired) electrons. The van der Waals surface area contributed by atoms with E-state index < -0.39 is 0 Å². The molecule has 0 aliphatic carbocycles. The first-order valence-corrected chi connectivity index (χ1v) is 11.6. The Morgan fingerprint density at radius 3 is 2.87 bits per heavy atom. The summed E-state index contributed by atoms with van der Waals surface area (Å²) in [7, 11) is 0. The van der Waals surface area contributed by atoms with Crippen LogP contribution in [-0.2, 0) is 4.79 Å². The molecule has 4 rings (SSSR count). The first-order chi connectivity index (χ1) is 15.0. The number of carbonyl (C=O) groups excluding carboxylic acids is 1. The van der Waals surface area contributed by atoms with Crippen LogP contribution in [0.5, 0.6) is 0 Å². The van der Waals surface area contributed by atoms with Gasteiger partial charge in [-0.2, -0.15) is 0 Å². The van der Waals surface area contributed by atoms with Crippen molar-refractivity contribution in [1.82, 2.24) is 19.6 Å². The Hall–Kier alpha value is -2.42. The fourth-order valence-electron chi connectivity index (χ4n) is 3.89. The summed E-state index contributed by atoms with van der Waals surface area (Å²) < 4.78 is 15.9. The molecule has 6 nitrogen and oxygen atoms in total. The quantitative estimate of drug-likeness (QED) is 0.558. The van der Waals surface area contributed by atoms with Crippen molar-refractivity contribution >= 4 is 45.6 Å². The zero-order chi connectivity index (χ0) is 22.0. The third kappa shape index (κ3) is 4.76. The normalized spacial score (nSPS) is 16.3. The van der Waals surface area contributed by atoms with Crippen molar-refractivity contribution in [2.24, 2.45) is 0 Å². The fraction of sp³-hybridized carbons (Fsp3) is 0.364. The summed E-state index contributed by atoms with van der Waals surface area (Å²) in [5.74, 6) is -0.590. The summed E-state index contributed by atoms with van der Waals surface area (Å²) in [6.45, 7) is 8.76. The van der Waals surface area contributed by atoms with Gasteiger partial charge < -0.3 is 15.1 Å². The number of imidazole rings is 1. The Morgan fingerprint density at radius 1 is 1.35 bits per heavy atom. The number of thiazole rings is 1. The SMILES string of the molecule is CCN1CCN(c2ccc(F)cc2C(C)NC(=O)/C=C/c2c(Cl)nc3sccn23)CC1. The Labute approximate surface area is 189 Å². The lowest BCUT2D eigenvalue weighted by molar-refractivity contribution is -0.117. The molecule has 9 heteroatoms. The van der Waals surface area contributed by atoms with Gasteiger partial charge in [-0.25, -0.2) is 9.37 Å². The van der Waals surface area contributed by atoms with Crippen LogP contribution in [0.4, 0.5) is 10.1 Å². The second-order valence-corrected chi connectivity index (χ2v) is 8.76. The van der Waals surface area contributed by atoms with Crippen LogP contribution in [0.2, 0.25) is 5.15 Å². The van der Waals surface area contributed by atoms with Gasteiger partial charge in [-0.05, 0) is 37.7 Å². The van der Waals surface area contributed by atoms with Gasteiger partial charge in [0.1, 0.15) is 5.82 Å². The van der Waals surface area contributed by atoms with E-state index in [4.69, 9.17) is 11.6 Å². The first kappa shape index (κ1) is 21.8. The predicted octanol–water partition coefficient (Wildman–Crippen LogP) is 4.22. The van der Waals surface area contributed by atoms with Gasteiger partial charge in [-0.3, -0.25) is 9.20 Å². The van der Waals surface area contributed by atoms with Crippen LogP contribution in [0.3, 0.4) is 0 Å². The molecule has 31 heavy (non-hydrogen) atoms. The van der Waals surface area contributed by atoms with Gasteiger partial charge in [-0.1, -0.05) is 18.5 Å². The molecule has 164 valence electrons. The molecule has 1 amide bonds. The second-order valence-electron chi connectivity index (χ2n) is 7.53. The standard InChI is InChI=1S/C22H25ClFN5OS/c1-3-27-8-10-28(11-9-27)18-5-4-16(24)14-17(18)15(2)25-20(30)7-6-19-21(23)26-22-29(19)12-13-31-22/h4-7,12-15H,3,8-11H2,1-2H3,(H,25,30)/b7-6+. The summed E-state index contributed by atoms with van der Waals surface area (Å²) in [6, 6.07) is 4.45. The Kier molecular flexibility index (Phi) is 6.60. The van der Waals surface area contributed by atoms with Crippen LogP contribution in [0, 0.1) is 5.82 Å². The maximum Gasteiger partial charge on any atom is 0.244 e. The molecular weight excluding hydrogens is 437 g/mol. The van der Waals surface area contributed by atoms with Gasteiger partial charge in [0, 0.05) is 55.1 Å². The van der Waals surface area contributed by atoms with E-state index in [0.717, 1.165) is 48.9 Å². The van der Waals surface area contributed by atoms with Gasteiger partial charge in [0.05, 0.1) is 11.7 Å². The molecule has 1 aromatic carbocycles. The molecule has 0 spiro atoms. The van der Waals surface area contributed by atoms with Crippen molar-refractivity contribution in [3.05, 3.63) is 58.1 Å². The van der Waals surface area contributed by atoms with Crippen LogP contribution < -0.4 is 10.2 Å². The maximum absolute atomic E-state index is 14.0. The van der Waals surface area contributed by atoms with E-state index in [0.29, 0.717) is 10.8 Å². The number of likely N-dealkylation sites (N-methyl/N-ethyl adjacent to an activating group) is 1. The van der Waals surface area contributed by atoms with Crippen molar-refractivity contribution in [3.63, 3.8) is 0 Å². The van der Waals surface area contributed by atoms with Gasteiger partial charge in [0.25, 0.3) is 0 Å². The van der Waals surface area contributed by atoms with Gasteiger partial charge in [0.15, 0.2) is 10.1 Å². The molecule has 1 atom stereocenters. The van der Waals surface area contributed by atoms with E-state index in [-0.39, 0.29) is 17.8 Å².